The van der Waals surface area contributed by atoms with Crippen molar-refractivity contribution in [3.05, 3.63) is 60.2 Å². The van der Waals surface area contributed by atoms with Crippen LogP contribution in [0.1, 0.15) is 12.5 Å². The van der Waals surface area contributed by atoms with Crippen LogP contribution in [0.2, 0.25) is 0 Å². The third-order valence-corrected chi connectivity index (χ3v) is 8.74. The van der Waals surface area contributed by atoms with Crippen molar-refractivity contribution in [3.8, 4) is 5.75 Å². The number of ether oxygens (including phenoxy) is 1. The van der Waals surface area contributed by atoms with Gasteiger partial charge >= 0.3 is 0 Å². The van der Waals surface area contributed by atoms with Gasteiger partial charge in [-0.1, -0.05) is 30.3 Å². The molecule has 2 aromatic rings. The average molecular weight is 410 g/mol. The van der Waals surface area contributed by atoms with E-state index < -0.39 is 31.0 Å². The molecule has 1 saturated heterocycles. The van der Waals surface area contributed by atoms with E-state index in [0.717, 1.165) is 5.56 Å². The summed E-state index contributed by atoms with van der Waals surface area (Å²) in [7, 11) is -7.22. The summed E-state index contributed by atoms with van der Waals surface area (Å²) in [4.78, 5) is 0.111. The van der Waals surface area contributed by atoms with Gasteiger partial charge in [-0.05, 0) is 36.8 Å². The number of rotatable bonds is 7. The lowest BCUT2D eigenvalue weighted by atomic mass is 10.2. The minimum absolute atomic E-state index is 0.111. The van der Waals surface area contributed by atoms with Crippen LogP contribution in [-0.2, 0) is 26.2 Å². The molecule has 2 unspecified atom stereocenters. The van der Waals surface area contributed by atoms with E-state index in [0.29, 0.717) is 18.9 Å². The topological polar surface area (TPSA) is 89.5 Å². The van der Waals surface area contributed by atoms with E-state index in [1.807, 2.05) is 37.3 Å². The molecule has 2 aromatic carbocycles. The minimum Gasteiger partial charge on any atom is -0.494 e. The fourth-order valence-electron chi connectivity index (χ4n) is 3.22. The second kappa shape index (κ2) is 8.00. The average Bonchev–Trinajstić information content (AvgIpc) is 2.97. The molecule has 0 amide bonds. The number of nitrogens with one attached hydrogen (secondary N) is 1. The Kier molecular flexibility index (Phi) is 5.88. The molecule has 1 aliphatic heterocycles. The maximum absolute atomic E-state index is 13.1. The molecule has 1 aliphatic rings. The van der Waals surface area contributed by atoms with Crippen LogP contribution in [0, 0.1) is 0 Å². The second-order valence-corrected chi connectivity index (χ2v) is 10.9. The van der Waals surface area contributed by atoms with Crippen molar-refractivity contribution in [2.75, 3.05) is 18.1 Å². The summed E-state index contributed by atoms with van der Waals surface area (Å²) in [5.74, 6) is 0.0321. The Morgan fingerprint density at radius 3 is 2.33 bits per heavy atom. The van der Waals surface area contributed by atoms with Gasteiger partial charge < -0.3 is 10.1 Å². The summed E-state index contributed by atoms with van der Waals surface area (Å²) in [5, 5.41) is 2.12. The highest BCUT2D eigenvalue weighted by atomic mass is 32.2. The lowest BCUT2D eigenvalue weighted by molar-refractivity contribution is 0.340. The van der Waals surface area contributed by atoms with Crippen LogP contribution < -0.4 is 10.1 Å². The van der Waals surface area contributed by atoms with Crippen molar-refractivity contribution in [2.24, 2.45) is 0 Å². The summed E-state index contributed by atoms with van der Waals surface area (Å²) >= 11 is 0. The van der Waals surface area contributed by atoms with E-state index in [-0.39, 0.29) is 16.4 Å². The van der Waals surface area contributed by atoms with Gasteiger partial charge in [-0.2, -0.15) is 0 Å². The molecule has 146 valence electrons. The number of hydrogen-bond acceptors (Lipinski definition) is 6. The van der Waals surface area contributed by atoms with E-state index >= 15 is 0 Å². The van der Waals surface area contributed by atoms with Crippen molar-refractivity contribution < 1.29 is 21.6 Å². The molecule has 1 fully saturated rings. The van der Waals surface area contributed by atoms with Crippen LogP contribution in [0.5, 0.6) is 5.75 Å². The molecular weight excluding hydrogens is 386 g/mol. The molecule has 8 heteroatoms. The molecule has 27 heavy (non-hydrogen) atoms. The smallest absolute Gasteiger partial charge is 0.183 e. The first-order chi connectivity index (χ1) is 12.8. The van der Waals surface area contributed by atoms with Crippen molar-refractivity contribution >= 4 is 19.7 Å². The van der Waals surface area contributed by atoms with E-state index in [9.17, 15) is 16.8 Å². The third-order valence-electron chi connectivity index (χ3n) is 4.57. The van der Waals surface area contributed by atoms with E-state index in [4.69, 9.17) is 4.74 Å². The van der Waals surface area contributed by atoms with Crippen LogP contribution in [0.3, 0.4) is 0 Å². The molecule has 0 aromatic heterocycles. The predicted molar refractivity (Wildman–Crippen MR) is 104 cm³/mol. The van der Waals surface area contributed by atoms with Gasteiger partial charge in [0.15, 0.2) is 19.7 Å². The minimum atomic E-state index is -3.79. The zero-order valence-corrected chi connectivity index (χ0v) is 16.7. The summed E-state index contributed by atoms with van der Waals surface area (Å²) in [6.45, 7) is 2.74. The van der Waals surface area contributed by atoms with Gasteiger partial charge in [-0.15, -0.1) is 0 Å². The van der Waals surface area contributed by atoms with Gasteiger partial charge in [-0.25, -0.2) is 16.8 Å². The normalized spacial score (nSPS) is 21.8. The quantitative estimate of drug-likeness (QED) is 0.750. The zero-order chi connectivity index (χ0) is 19.5. The summed E-state index contributed by atoms with van der Waals surface area (Å²) in [6.07, 6.45) is 0. The maximum atomic E-state index is 13.1. The van der Waals surface area contributed by atoms with Gasteiger partial charge in [0.1, 0.15) is 5.75 Å². The Hall–Kier alpha value is -1.90. The van der Waals surface area contributed by atoms with Crippen LogP contribution in [0.25, 0.3) is 0 Å². The van der Waals surface area contributed by atoms with Crippen LogP contribution in [0.4, 0.5) is 0 Å². The summed E-state index contributed by atoms with van der Waals surface area (Å²) in [6, 6.07) is 15.0. The van der Waals surface area contributed by atoms with Crippen molar-refractivity contribution in [2.45, 2.75) is 29.7 Å². The fraction of sp³-hybridized carbons (Fsp3) is 0.368. The van der Waals surface area contributed by atoms with Gasteiger partial charge in [0, 0.05) is 12.6 Å². The molecular formula is C19H23NO5S2. The highest BCUT2D eigenvalue weighted by molar-refractivity contribution is 7.96. The van der Waals surface area contributed by atoms with E-state index in [1.54, 1.807) is 12.1 Å². The number of benzene rings is 2. The van der Waals surface area contributed by atoms with Gasteiger partial charge in [0.2, 0.25) is 0 Å². The number of sulfone groups is 2. The van der Waals surface area contributed by atoms with Gasteiger partial charge in [0.05, 0.1) is 28.3 Å². The molecule has 0 radical (unpaired) electrons. The molecule has 3 rings (SSSR count). The summed E-state index contributed by atoms with van der Waals surface area (Å²) in [5.41, 5.74) is 0.971. The molecule has 0 bridgehead atoms. The lowest BCUT2D eigenvalue weighted by Gasteiger charge is -2.20. The van der Waals surface area contributed by atoms with Crippen molar-refractivity contribution in [1.82, 2.24) is 5.32 Å². The SMILES string of the molecule is CCOc1ccc(S(=O)(=O)C2CS(=O)(=O)CC2NCc2ccccc2)cc1. The molecule has 0 spiro atoms. The second-order valence-electron chi connectivity index (χ2n) is 6.54. The largest absolute Gasteiger partial charge is 0.494 e. The van der Waals surface area contributed by atoms with Crippen LogP contribution >= 0.6 is 0 Å². The Morgan fingerprint density at radius 2 is 1.70 bits per heavy atom. The molecule has 6 nitrogen and oxygen atoms in total. The molecule has 0 aliphatic carbocycles. The monoisotopic (exact) mass is 409 g/mol. The Bertz CT molecular complexity index is 971. The van der Waals surface area contributed by atoms with Crippen molar-refractivity contribution in [1.29, 1.82) is 0 Å². The maximum Gasteiger partial charge on any atom is 0.183 e. The Labute approximate surface area is 160 Å². The fourth-order valence-corrected chi connectivity index (χ4v) is 7.94. The lowest BCUT2D eigenvalue weighted by Crippen LogP contribution is -2.43. The predicted octanol–water partition coefficient (Wildman–Crippen LogP) is 1.81. The highest BCUT2D eigenvalue weighted by Crippen LogP contribution is 2.27. The first-order valence-electron chi connectivity index (χ1n) is 8.76. The highest BCUT2D eigenvalue weighted by Gasteiger charge is 2.45. The molecule has 1 heterocycles. The Balaban J connectivity index is 1.82. The first-order valence-corrected chi connectivity index (χ1v) is 12.1. The van der Waals surface area contributed by atoms with Gasteiger partial charge in [0.25, 0.3) is 0 Å². The third kappa shape index (κ3) is 4.69. The zero-order valence-electron chi connectivity index (χ0n) is 15.0. The molecule has 1 N–H and O–H groups in total. The number of hydrogen-bond donors (Lipinski definition) is 1. The van der Waals surface area contributed by atoms with Crippen LogP contribution in [0.15, 0.2) is 59.5 Å². The van der Waals surface area contributed by atoms with Crippen molar-refractivity contribution in [3.63, 3.8) is 0 Å². The molecule has 2 atom stereocenters. The Morgan fingerprint density at radius 1 is 1.04 bits per heavy atom. The van der Waals surface area contributed by atoms with Crippen LogP contribution in [-0.4, -0.2) is 46.2 Å². The van der Waals surface area contributed by atoms with E-state index in [1.165, 1.54) is 12.1 Å². The first kappa shape index (κ1) is 19.9. The van der Waals surface area contributed by atoms with E-state index in [2.05, 4.69) is 5.32 Å². The molecule has 0 saturated carbocycles. The standard InChI is InChI=1S/C19H23NO5S2/c1-2-25-16-8-10-17(11-9-16)27(23,24)19-14-26(21,22)13-18(19)20-12-15-6-4-3-5-7-15/h3-11,18-20H,2,12-14H2,1H3. The summed E-state index contributed by atoms with van der Waals surface area (Å²) < 4.78 is 55.8. The van der Waals surface area contributed by atoms with Gasteiger partial charge in [-0.3, -0.25) is 0 Å².